The van der Waals surface area contributed by atoms with E-state index in [1.165, 1.54) is 39.5 Å². The van der Waals surface area contributed by atoms with Crippen molar-refractivity contribution in [2.75, 3.05) is 38.3 Å². The number of hydrogen-bond donors (Lipinski definition) is 0. The van der Waals surface area contributed by atoms with E-state index in [0.717, 1.165) is 44.0 Å². The molecule has 32 heavy (non-hydrogen) atoms. The smallest absolute Gasteiger partial charge is 0.161 e. The maximum atomic E-state index is 11.5. The summed E-state index contributed by atoms with van der Waals surface area (Å²) in [7, 11) is -0.751. The Morgan fingerprint density at radius 2 is 1.75 bits per heavy atom. The predicted octanol–water partition coefficient (Wildman–Crippen LogP) is 3.33. The number of ether oxygens (including phenoxy) is 2. The van der Waals surface area contributed by atoms with Crippen molar-refractivity contribution >= 4 is 20.7 Å². The van der Waals surface area contributed by atoms with Gasteiger partial charge in [0.2, 0.25) is 0 Å². The maximum Gasteiger partial charge on any atom is 0.161 e. The van der Waals surface area contributed by atoms with E-state index in [2.05, 4.69) is 46.8 Å². The molecule has 0 radical (unpaired) electrons. The summed E-state index contributed by atoms with van der Waals surface area (Å²) in [6.07, 6.45) is 3.84. The third-order valence-electron chi connectivity index (χ3n) is 6.55. The summed E-state index contributed by atoms with van der Waals surface area (Å²) in [4.78, 5) is 2.39. The van der Waals surface area contributed by atoms with Gasteiger partial charge in [-0.15, -0.1) is 0 Å². The number of sulfone groups is 1. The van der Waals surface area contributed by atoms with Gasteiger partial charge in [0, 0.05) is 49.4 Å². The van der Waals surface area contributed by atoms with Crippen LogP contribution in [-0.2, 0) is 36.3 Å². The molecule has 2 aliphatic rings. The number of fused-ring (bicyclic) bond motifs is 4. The fourth-order valence-corrected chi connectivity index (χ4v) is 5.62. The van der Waals surface area contributed by atoms with E-state index >= 15 is 0 Å². The van der Waals surface area contributed by atoms with E-state index in [9.17, 15) is 8.42 Å². The minimum Gasteiger partial charge on any atom is -0.486 e. The molecule has 0 atom stereocenters. The van der Waals surface area contributed by atoms with Gasteiger partial charge in [0.15, 0.2) is 11.5 Å². The van der Waals surface area contributed by atoms with Crippen LogP contribution in [0.4, 0.5) is 0 Å². The van der Waals surface area contributed by atoms with Crippen molar-refractivity contribution in [1.29, 1.82) is 0 Å². The summed E-state index contributed by atoms with van der Waals surface area (Å²) in [5.74, 6) is 1.91. The molecule has 7 heteroatoms. The molecule has 2 aromatic carbocycles. The number of aryl methyl sites for hydroxylation is 1. The largest absolute Gasteiger partial charge is 0.486 e. The van der Waals surface area contributed by atoms with E-state index in [1.54, 1.807) is 0 Å². The monoisotopic (exact) mass is 454 g/mol. The average molecular weight is 455 g/mol. The molecule has 3 aromatic rings. The van der Waals surface area contributed by atoms with Gasteiger partial charge >= 0.3 is 0 Å². The van der Waals surface area contributed by atoms with Gasteiger partial charge in [-0.3, -0.25) is 4.90 Å². The SMILES string of the molecule is Cn1c2c(c3cc(Cc4ccc5c(c4)OCCO5)ccc31)CN(CCCS(C)(=O)=O)CC2. The molecular formula is C25H30N2O4S. The summed E-state index contributed by atoms with van der Waals surface area (Å²) in [6, 6.07) is 13.0. The Bertz CT molecular complexity index is 1260. The molecular weight excluding hydrogens is 424 g/mol. The fourth-order valence-electron chi connectivity index (χ4n) is 4.97. The molecule has 3 heterocycles. The number of nitrogens with zero attached hydrogens (tertiary/aromatic N) is 2. The molecule has 0 saturated heterocycles. The van der Waals surface area contributed by atoms with Crippen LogP contribution < -0.4 is 9.47 Å². The van der Waals surface area contributed by atoms with Crippen LogP contribution in [0.1, 0.15) is 28.8 Å². The highest BCUT2D eigenvalue weighted by Gasteiger charge is 2.23. The summed E-state index contributed by atoms with van der Waals surface area (Å²) in [5, 5.41) is 1.31. The van der Waals surface area contributed by atoms with E-state index in [0.29, 0.717) is 19.6 Å². The second kappa shape index (κ2) is 8.45. The van der Waals surface area contributed by atoms with Crippen LogP contribution in [0.2, 0.25) is 0 Å². The average Bonchev–Trinajstić information content (AvgIpc) is 3.04. The second-order valence-corrected chi connectivity index (χ2v) is 11.3. The molecule has 0 aliphatic carbocycles. The number of hydrogen-bond acceptors (Lipinski definition) is 5. The third-order valence-corrected chi connectivity index (χ3v) is 7.58. The van der Waals surface area contributed by atoms with Crippen LogP contribution in [-0.4, -0.2) is 56.2 Å². The van der Waals surface area contributed by atoms with Crippen LogP contribution in [0, 0.1) is 0 Å². The highest BCUT2D eigenvalue weighted by Crippen LogP contribution is 2.33. The van der Waals surface area contributed by atoms with Crippen molar-refractivity contribution in [1.82, 2.24) is 9.47 Å². The number of aromatic nitrogens is 1. The first-order valence-corrected chi connectivity index (χ1v) is 13.3. The number of rotatable bonds is 6. The summed E-state index contributed by atoms with van der Waals surface area (Å²) >= 11 is 0. The van der Waals surface area contributed by atoms with E-state index in [1.807, 2.05) is 6.07 Å². The first-order chi connectivity index (χ1) is 15.4. The first kappa shape index (κ1) is 21.3. The van der Waals surface area contributed by atoms with Crippen molar-refractivity contribution in [2.45, 2.75) is 25.8 Å². The van der Waals surface area contributed by atoms with Crippen molar-refractivity contribution in [2.24, 2.45) is 7.05 Å². The summed E-state index contributed by atoms with van der Waals surface area (Å²) in [6.45, 7) is 3.88. The highest BCUT2D eigenvalue weighted by atomic mass is 32.2. The van der Waals surface area contributed by atoms with Crippen molar-refractivity contribution in [3.63, 3.8) is 0 Å². The van der Waals surface area contributed by atoms with Crippen molar-refractivity contribution in [3.8, 4) is 11.5 Å². The molecule has 5 rings (SSSR count). The minimum atomic E-state index is -2.90. The molecule has 0 spiro atoms. The van der Waals surface area contributed by atoms with E-state index in [4.69, 9.17) is 9.47 Å². The second-order valence-electron chi connectivity index (χ2n) is 9.00. The standard InChI is InChI=1S/C25H30N2O4S/c1-26-22-6-4-18(14-19-5-7-24-25(16-19)31-12-11-30-24)15-20(22)21-17-27(10-8-23(21)26)9-3-13-32(2,28)29/h4-7,15-16H,3,8-14,17H2,1-2H3. The molecule has 6 nitrogen and oxygen atoms in total. The topological polar surface area (TPSA) is 60.8 Å². The highest BCUT2D eigenvalue weighted by molar-refractivity contribution is 7.90. The van der Waals surface area contributed by atoms with Gasteiger partial charge in [-0.1, -0.05) is 12.1 Å². The Morgan fingerprint density at radius 3 is 2.56 bits per heavy atom. The zero-order valence-electron chi connectivity index (χ0n) is 18.8. The molecule has 0 N–H and O–H groups in total. The van der Waals surface area contributed by atoms with Crippen LogP contribution in [0.3, 0.4) is 0 Å². The van der Waals surface area contributed by atoms with Crippen LogP contribution >= 0.6 is 0 Å². The van der Waals surface area contributed by atoms with Gasteiger partial charge in [-0.25, -0.2) is 8.42 Å². The molecule has 2 aliphatic heterocycles. The lowest BCUT2D eigenvalue weighted by Crippen LogP contribution is -2.32. The van der Waals surface area contributed by atoms with Gasteiger partial charge in [-0.05, 0) is 60.3 Å². The van der Waals surface area contributed by atoms with Gasteiger partial charge < -0.3 is 14.0 Å². The molecule has 0 fully saturated rings. The Morgan fingerprint density at radius 1 is 1.00 bits per heavy atom. The molecule has 0 unspecified atom stereocenters. The molecule has 1 aromatic heterocycles. The molecule has 0 bridgehead atoms. The summed E-state index contributed by atoms with van der Waals surface area (Å²) in [5.41, 5.74) is 6.53. The minimum absolute atomic E-state index is 0.256. The Kier molecular flexibility index (Phi) is 5.63. The van der Waals surface area contributed by atoms with Gasteiger partial charge in [-0.2, -0.15) is 0 Å². The maximum absolute atomic E-state index is 11.5. The lowest BCUT2D eigenvalue weighted by molar-refractivity contribution is 0.171. The zero-order valence-corrected chi connectivity index (χ0v) is 19.6. The van der Waals surface area contributed by atoms with E-state index in [-0.39, 0.29) is 5.75 Å². The first-order valence-electron chi connectivity index (χ1n) is 11.2. The molecule has 0 saturated carbocycles. The van der Waals surface area contributed by atoms with Crippen LogP contribution in [0.5, 0.6) is 11.5 Å². The van der Waals surface area contributed by atoms with Gasteiger partial charge in [0.1, 0.15) is 23.1 Å². The van der Waals surface area contributed by atoms with Gasteiger partial charge in [0.05, 0.1) is 5.75 Å². The summed E-state index contributed by atoms with van der Waals surface area (Å²) < 4.78 is 36.7. The van der Waals surface area contributed by atoms with Gasteiger partial charge in [0.25, 0.3) is 0 Å². The quantitative estimate of drug-likeness (QED) is 0.572. The molecule has 0 amide bonds. The van der Waals surface area contributed by atoms with Crippen molar-refractivity contribution in [3.05, 3.63) is 58.8 Å². The predicted molar refractivity (Wildman–Crippen MR) is 126 cm³/mol. The van der Waals surface area contributed by atoms with Crippen LogP contribution in [0.15, 0.2) is 36.4 Å². The Hall–Kier alpha value is -2.51. The normalized spacial score (nSPS) is 16.3. The third kappa shape index (κ3) is 4.36. The number of benzene rings is 2. The van der Waals surface area contributed by atoms with Crippen LogP contribution in [0.25, 0.3) is 10.9 Å². The zero-order chi connectivity index (χ0) is 22.3. The molecule has 170 valence electrons. The lowest BCUT2D eigenvalue weighted by Gasteiger charge is -2.27. The Balaban J connectivity index is 1.38. The lowest BCUT2D eigenvalue weighted by atomic mass is 9.99. The Labute approximate surface area is 189 Å². The van der Waals surface area contributed by atoms with Crippen molar-refractivity contribution < 1.29 is 17.9 Å². The fraction of sp³-hybridized carbons (Fsp3) is 0.440. The van der Waals surface area contributed by atoms with E-state index < -0.39 is 9.84 Å².